The number of Topliss-reactive ketones (excluding diaryl/α,β-unsaturated/α-hetero) is 1. The number of hydrogen-bond acceptors (Lipinski definition) is 5. The number of carbonyl (C=O) groups excluding carboxylic acids is 2. The molecule has 0 saturated carbocycles. The standard InChI is InChI=1S/C26H33N3O2S/c1-4-22(30)13-20(26(31)28-21(16-27)12-18-8-6-5-7-9-18)15-25-29-23-11-10-19(17(2)3)14-24(23)32-25/h5-11,14,17,20-21H,4,12-13,15-16,27H2,1-3H3,(H,28,31)/t20?,21-/m1/s1. The fourth-order valence-corrected chi connectivity index (χ4v) is 4.83. The van der Waals surface area contributed by atoms with Gasteiger partial charge in [-0.15, -0.1) is 11.3 Å². The molecular formula is C26H33N3O2S. The van der Waals surface area contributed by atoms with Gasteiger partial charge in [0, 0.05) is 31.8 Å². The van der Waals surface area contributed by atoms with Crippen molar-refractivity contribution in [3.63, 3.8) is 0 Å². The van der Waals surface area contributed by atoms with Crippen LogP contribution >= 0.6 is 11.3 Å². The van der Waals surface area contributed by atoms with E-state index in [0.717, 1.165) is 20.8 Å². The Hall–Kier alpha value is -2.57. The third kappa shape index (κ3) is 6.47. The number of benzene rings is 2. The summed E-state index contributed by atoms with van der Waals surface area (Å²) < 4.78 is 1.12. The van der Waals surface area contributed by atoms with E-state index in [1.807, 2.05) is 43.3 Å². The molecule has 32 heavy (non-hydrogen) atoms. The smallest absolute Gasteiger partial charge is 0.224 e. The summed E-state index contributed by atoms with van der Waals surface area (Å²) >= 11 is 1.61. The van der Waals surface area contributed by atoms with Crippen LogP contribution in [0.4, 0.5) is 0 Å². The molecule has 0 aliphatic heterocycles. The Bertz CT molecular complexity index is 1050. The number of rotatable bonds is 11. The molecule has 2 aromatic carbocycles. The topological polar surface area (TPSA) is 85.1 Å². The maximum atomic E-state index is 13.2. The van der Waals surface area contributed by atoms with Crippen molar-refractivity contribution in [1.29, 1.82) is 0 Å². The van der Waals surface area contributed by atoms with Gasteiger partial charge in [-0.1, -0.05) is 57.2 Å². The Kier molecular flexibility index (Phi) is 8.53. The predicted octanol–water partition coefficient (Wildman–Crippen LogP) is 4.63. The molecule has 0 spiro atoms. The number of nitrogens with two attached hydrogens (primary N) is 1. The van der Waals surface area contributed by atoms with Gasteiger partial charge in [-0.05, 0) is 35.6 Å². The van der Waals surface area contributed by atoms with E-state index in [-0.39, 0.29) is 24.2 Å². The zero-order valence-electron chi connectivity index (χ0n) is 19.1. The number of fused-ring (bicyclic) bond motifs is 1. The van der Waals surface area contributed by atoms with Crippen LogP contribution in [0.25, 0.3) is 10.2 Å². The molecule has 3 N–H and O–H groups in total. The van der Waals surface area contributed by atoms with Gasteiger partial charge in [-0.3, -0.25) is 9.59 Å². The van der Waals surface area contributed by atoms with Crippen LogP contribution in [0.15, 0.2) is 48.5 Å². The summed E-state index contributed by atoms with van der Waals surface area (Å²) in [5.74, 6) is -0.0399. The van der Waals surface area contributed by atoms with Crippen LogP contribution in [0.1, 0.15) is 55.7 Å². The Morgan fingerprint density at radius 1 is 1.09 bits per heavy atom. The minimum atomic E-state index is -0.447. The fourth-order valence-electron chi connectivity index (χ4n) is 3.73. The maximum absolute atomic E-state index is 13.2. The first-order valence-corrected chi connectivity index (χ1v) is 12.2. The number of amides is 1. The molecule has 0 bridgehead atoms. The van der Waals surface area contributed by atoms with Crippen molar-refractivity contribution in [1.82, 2.24) is 10.3 Å². The van der Waals surface area contributed by atoms with Gasteiger partial charge in [0.05, 0.1) is 21.1 Å². The lowest BCUT2D eigenvalue weighted by atomic mass is 9.96. The van der Waals surface area contributed by atoms with Crippen molar-refractivity contribution in [2.75, 3.05) is 6.54 Å². The Balaban J connectivity index is 1.75. The molecule has 0 aliphatic carbocycles. The lowest BCUT2D eigenvalue weighted by Crippen LogP contribution is -2.45. The molecule has 0 aliphatic rings. The molecule has 2 atom stereocenters. The lowest BCUT2D eigenvalue weighted by molar-refractivity contribution is -0.129. The lowest BCUT2D eigenvalue weighted by Gasteiger charge is -2.21. The van der Waals surface area contributed by atoms with Crippen LogP contribution in [0, 0.1) is 5.92 Å². The highest BCUT2D eigenvalue weighted by Crippen LogP contribution is 2.28. The van der Waals surface area contributed by atoms with E-state index >= 15 is 0 Å². The van der Waals surface area contributed by atoms with E-state index in [2.05, 4.69) is 31.3 Å². The molecule has 0 saturated heterocycles. The number of aromatic nitrogens is 1. The third-order valence-electron chi connectivity index (χ3n) is 5.74. The number of nitrogens with one attached hydrogen (secondary N) is 1. The number of ketones is 1. The minimum Gasteiger partial charge on any atom is -0.352 e. The second kappa shape index (κ2) is 11.3. The summed E-state index contributed by atoms with van der Waals surface area (Å²) in [5, 5.41) is 3.97. The molecule has 1 amide bonds. The average Bonchev–Trinajstić information content (AvgIpc) is 3.20. The normalized spacial score (nSPS) is 13.3. The molecule has 6 heteroatoms. The Labute approximate surface area is 194 Å². The van der Waals surface area contributed by atoms with Crippen LogP contribution in [0.2, 0.25) is 0 Å². The second-order valence-corrected chi connectivity index (χ2v) is 9.73. The molecule has 170 valence electrons. The zero-order valence-corrected chi connectivity index (χ0v) is 20.0. The summed E-state index contributed by atoms with van der Waals surface area (Å²) in [5.41, 5.74) is 9.29. The van der Waals surface area contributed by atoms with E-state index < -0.39 is 5.92 Å². The largest absolute Gasteiger partial charge is 0.352 e. The second-order valence-electron chi connectivity index (χ2n) is 8.62. The predicted molar refractivity (Wildman–Crippen MR) is 132 cm³/mol. The van der Waals surface area contributed by atoms with Crippen LogP contribution < -0.4 is 11.1 Å². The van der Waals surface area contributed by atoms with E-state index in [4.69, 9.17) is 10.7 Å². The minimum absolute atomic E-state index is 0.0840. The number of thiazole rings is 1. The van der Waals surface area contributed by atoms with Crippen LogP contribution in [-0.4, -0.2) is 29.3 Å². The van der Waals surface area contributed by atoms with E-state index in [1.165, 1.54) is 5.56 Å². The van der Waals surface area contributed by atoms with Crippen LogP contribution in [0.3, 0.4) is 0 Å². The first kappa shape index (κ1) is 24.1. The first-order valence-electron chi connectivity index (χ1n) is 11.3. The van der Waals surface area contributed by atoms with E-state index in [0.29, 0.717) is 31.7 Å². The third-order valence-corrected chi connectivity index (χ3v) is 6.78. The molecule has 0 radical (unpaired) electrons. The van der Waals surface area contributed by atoms with Gasteiger partial charge in [-0.2, -0.15) is 0 Å². The van der Waals surface area contributed by atoms with Crippen molar-refractivity contribution in [2.45, 2.75) is 58.4 Å². The highest BCUT2D eigenvalue weighted by Gasteiger charge is 2.25. The molecule has 0 fully saturated rings. The van der Waals surface area contributed by atoms with Crippen molar-refractivity contribution >= 4 is 33.2 Å². The summed E-state index contributed by atoms with van der Waals surface area (Å²) in [4.78, 5) is 30.1. The quantitative estimate of drug-likeness (QED) is 0.445. The molecular weight excluding hydrogens is 418 g/mol. The van der Waals surface area contributed by atoms with E-state index in [1.54, 1.807) is 11.3 Å². The van der Waals surface area contributed by atoms with Gasteiger partial charge in [0.15, 0.2) is 0 Å². The van der Waals surface area contributed by atoms with Crippen LogP contribution in [-0.2, 0) is 22.4 Å². The van der Waals surface area contributed by atoms with Crippen molar-refractivity contribution in [3.8, 4) is 0 Å². The SMILES string of the molecule is CCC(=O)CC(Cc1nc2ccc(C(C)C)cc2s1)C(=O)N[C@@H](CN)Cc1ccccc1. The maximum Gasteiger partial charge on any atom is 0.224 e. The van der Waals surface area contributed by atoms with Gasteiger partial charge in [0.25, 0.3) is 0 Å². The average molecular weight is 452 g/mol. The molecule has 3 aromatic rings. The number of hydrogen-bond donors (Lipinski definition) is 2. The van der Waals surface area contributed by atoms with Gasteiger partial charge in [-0.25, -0.2) is 4.98 Å². The number of carbonyl (C=O) groups is 2. The van der Waals surface area contributed by atoms with Gasteiger partial charge < -0.3 is 11.1 Å². The highest BCUT2D eigenvalue weighted by molar-refractivity contribution is 7.18. The molecule has 3 rings (SSSR count). The summed E-state index contributed by atoms with van der Waals surface area (Å²) in [7, 11) is 0. The van der Waals surface area contributed by atoms with Crippen molar-refractivity contribution in [2.24, 2.45) is 11.7 Å². The monoisotopic (exact) mass is 451 g/mol. The molecule has 1 unspecified atom stereocenters. The summed E-state index contributed by atoms with van der Waals surface area (Å²) in [6.45, 7) is 6.51. The Morgan fingerprint density at radius 2 is 1.84 bits per heavy atom. The van der Waals surface area contributed by atoms with Crippen LogP contribution in [0.5, 0.6) is 0 Å². The van der Waals surface area contributed by atoms with Crippen molar-refractivity contribution < 1.29 is 9.59 Å². The fraction of sp³-hybridized carbons (Fsp3) is 0.423. The van der Waals surface area contributed by atoms with Gasteiger partial charge in [0.2, 0.25) is 5.91 Å². The molecule has 5 nitrogen and oxygen atoms in total. The first-order chi connectivity index (χ1) is 15.4. The molecule has 1 aromatic heterocycles. The highest BCUT2D eigenvalue weighted by atomic mass is 32.1. The zero-order chi connectivity index (χ0) is 23.1. The molecule has 1 heterocycles. The van der Waals surface area contributed by atoms with E-state index in [9.17, 15) is 9.59 Å². The Morgan fingerprint density at radius 3 is 2.50 bits per heavy atom. The summed E-state index contributed by atoms with van der Waals surface area (Å²) in [6, 6.07) is 16.1. The van der Waals surface area contributed by atoms with Gasteiger partial charge >= 0.3 is 0 Å². The summed E-state index contributed by atoms with van der Waals surface area (Å²) in [6.07, 6.45) is 1.76. The number of nitrogens with zero attached hydrogens (tertiary/aromatic N) is 1. The van der Waals surface area contributed by atoms with Gasteiger partial charge in [0.1, 0.15) is 5.78 Å². The van der Waals surface area contributed by atoms with Crippen molar-refractivity contribution in [3.05, 3.63) is 64.7 Å².